The molecule has 0 unspecified atom stereocenters. The summed E-state index contributed by atoms with van der Waals surface area (Å²) in [5.41, 5.74) is 8.30. The third kappa shape index (κ3) is 3.62. The summed E-state index contributed by atoms with van der Waals surface area (Å²) in [5.74, 6) is -0.857. The van der Waals surface area contributed by atoms with Crippen molar-refractivity contribution in [3.63, 3.8) is 0 Å². The minimum atomic E-state index is -0.767. The number of rotatable bonds is 5. The number of amides is 2. The molecule has 0 atom stereocenters. The molecular weight excluding hydrogens is 448 g/mol. The number of aromatic nitrogens is 4. The average molecular weight is 465 g/mol. The number of primary amides is 1. The standard InChI is InChI=1S/C21H17BrN6O2/c1-12-7-8-14(22)9-16(12)28(21(30)19-18(20(23)29)24-11-25-19)17-10-15(26-27-17)13-5-3-2-4-6-13/h2-11H,1H3,(H2,23,29)(H,24,25)(H,26,27). The first kappa shape index (κ1) is 19.6. The second-order valence-electron chi connectivity index (χ2n) is 6.57. The molecule has 0 fully saturated rings. The molecule has 0 aliphatic carbocycles. The van der Waals surface area contributed by atoms with Gasteiger partial charge in [0.2, 0.25) is 0 Å². The maximum absolute atomic E-state index is 13.5. The van der Waals surface area contributed by atoms with Gasteiger partial charge < -0.3 is 10.7 Å². The predicted molar refractivity (Wildman–Crippen MR) is 116 cm³/mol. The number of nitrogens with zero attached hydrogens (tertiary/aromatic N) is 3. The van der Waals surface area contributed by atoms with E-state index in [9.17, 15) is 9.59 Å². The molecule has 0 aliphatic heterocycles. The van der Waals surface area contributed by atoms with Crippen LogP contribution in [0, 0.1) is 6.92 Å². The molecule has 9 heteroatoms. The van der Waals surface area contributed by atoms with Crippen molar-refractivity contribution in [1.29, 1.82) is 0 Å². The number of nitrogens with one attached hydrogen (secondary N) is 2. The lowest BCUT2D eigenvalue weighted by Crippen LogP contribution is -2.30. The maximum Gasteiger partial charge on any atom is 0.285 e. The summed E-state index contributed by atoms with van der Waals surface area (Å²) >= 11 is 3.45. The van der Waals surface area contributed by atoms with Gasteiger partial charge in [0, 0.05) is 16.1 Å². The molecule has 2 amide bonds. The summed E-state index contributed by atoms with van der Waals surface area (Å²) in [6.45, 7) is 1.88. The van der Waals surface area contributed by atoms with Gasteiger partial charge in [-0.1, -0.05) is 52.3 Å². The quantitative estimate of drug-likeness (QED) is 0.413. The van der Waals surface area contributed by atoms with E-state index >= 15 is 0 Å². The number of carbonyl (C=O) groups excluding carboxylic acids is 2. The van der Waals surface area contributed by atoms with E-state index in [0.717, 1.165) is 15.6 Å². The number of halogens is 1. The average Bonchev–Trinajstić information content (AvgIpc) is 3.41. The molecule has 150 valence electrons. The fourth-order valence-corrected chi connectivity index (χ4v) is 3.45. The molecule has 0 aliphatic rings. The molecule has 30 heavy (non-hydrogen) atoms. The highest BCUT2D eigenvalue weighted by Crippen LogP contribution is 2.33. The molecule has 0 saturated carbocycles. The van der Waals surface area contributed by atoms with Crippen molar-refractivity contribution >= 4 is 39.2 Å². The highest BCUT2D eigenvalue weighted by atomic mass is 79.9. The number of carbonyl (C=O) groups is 2. The van der Waals surface area contributed by atoms with E-state index in [1.807, 2.05) is 55.5 Å². The summed E-state index contributed by atoms with van der Waals surface area (Å²) in [7, 11) is 0. The number of aryl methyl sites for hydroxylation is 1. The molecule has 2 aromatic heterocycles. The van der Waals surface area contributed by atoms with E-state index in [4.69, 9.17) is 5.73 Å². The Morgan fingerprint density at radius 3 is 2.60 bits per heavy atom. The minimum absolute atomic E-state index is 0.0551. The molecule has 4 N–H and O–H groups in total. The van der Waals surface area contributed by atoms with Gasteiger partial charge in [-0.15, -0.1) is 0 Å². The smallest absolute Gasteiger partial charge is 0.285 e. The van der Waals surface area contributed by atoms with Gasteiger partial charge in [0.05, 0.1) is 17.7 Å². The number of hydrogen-bond donors (Lipinski definition) is 3. The van der Waals surface area contributed by atoms with Gasteiger partial charge in [-0.05, 0) is 24.6 Å². The zero-order valence-electron chi connectivity index (χ0n) is 15.9. The molecule has 0 bridgehead atoms. The predicted octanol–water partition coefficient (Wildman–Crippen LogP) is 3.95. The second kappa shape index (κ2) is 7.96. The summed E-state index contributed by atoms with van der Waals surface area (Å²) in [6, 6.07) is 16.9. The van der Waals surface area contributed by atoms with E-state index in [-0.39, 0.29) is 11.4 Å². The third-order valence-electron chi connectivity index (χ3n) is 4.58. The van der Waals surface area contributed by atoms with Crippen molar-refractivity contribution in [1.82, 2.24) is 20.2 Å². The van der Waals surface area contributed by atoms with Gasteiger partial charge in [0.1, 0.15) is 11.5 Å². The number of aromatic amines is 2. The van der Waals surface area contributed by atoms with Gasteiger partial charge in [0.15, 0.2) is 5.69 Å². The first-order chi connectivity index (χ1) is 14.5. The Labute approximate surface area is 180 Å². The molecule has 0 saturated heterocycles. The zero-order chi connectivity index (χ0) is 21.3. The van der Waals surface area contributed by atoms with Crippen LogP contribution in [0.2, 0.25) is 0 Å². The number of imidazole rings is 1. The normalized spacial score (nSPS) is 10.7. The van der Waals surface area contributed by atoms with Crippen LogP contribution in [0.5, 0.6) is 0 Å². The Hall–Kier alpha value is -3.72. The first-order valence-corrected chi connectivity index (χ1v) is 9.79. The molecule has 8 nitrogen and oxygen atoms in total. The first-order valence-electron chi connectivity index (χ1n) is 9.00. The monoisotopic (exact) mass is 464 g/mol. The lowest BCUT2D eigenvalue weighted by atomic mass is 10.1. The number of H-pyrrole nitrogens is 2. The Bertz CT molecular complexity index is 1230. The van der Waals surface area contributed by atoms with Crippen LogP contribution in [0.25, 0.3) is 11.3 Å². The van der Waals surface area contributed by atoms with Crippen LogP contribution in [-0.4, -0.2) is 32.0 Å². The van der Waals surface area contributed by atoms with E-state index in [0.29, 0.717) is 17.2 Å². The highest BCUT2D eigenvalue weighted by Gasteiger charge is 2.28. The summed E-state index contributed by atoms with van der Waals surface area (Å²) in [4.78, 5) is 33.4. The third-order valence-corrected chi connectivity index (χ3v) is 5.07. The van der Waals surface area contributed by atoms with Gasteiger partial charge in [0.25, 0.3) is 11.8 Å². The van der Waals surface area contributed by atoms with Crippen molar-refractivity contribution in [2.24, 2.45) is 5.73 Å². The lowest BCUT2D eigenvalue weighted by molar-refractivity contribution is 0.0961. The fourth-order valence-electron chi connectivity index (χ4n) is 3.11. The summed E-state index contributed by atoms with van der Waals surface area (Å²) < 4.78 is 0.792. The van der Waals surface area contributed by atoms with E-state index in [1.54, 1.807) is 6.07 Å². The van der Waals surface area contributed by atoms with E-state index in [2.05, 4.69) is 36.1 Å². The Morgan fingerprint density at radius 1 is 1.10 bits per heavy atom. The van der Waals surface area contributed by atoms with Gasteiger partial charge in [-0.3, -0.25) is 19.6 Å². The van der Waals surface area contributed by atoms with Crippen LogP contribution in [-0.2, 0) is 0 Å². The SMILES string of the molecule is Cc1ccc(Br)cc1N(C(=O)c1nc[nH]c1C(N)=O)c1cc(-c2ccccc2)n[nH]1. The van der Waals surface area contributed by atoms with Crippen LogP contribution in [0.3, 0.4) is 0 Å². The number of nitrogens with two attached hydrogens (primary N) is 1. The van der Waals surface area contributed by atoms with Crippen molar-refractivity contribution in [2.45, 2.75) is 6.92 Å². The molecule has 2 heterocycles. The molecular formula is C21H17BrN6O2. The zero-order valence-corrected chi connectivity index (χ0v) is 17.5. The van der Waals surface area contributed by atoms with Crippen molar-refractivity contribution in [2.75, 3.05) is 4.90 Å². The van der Waals surface area contributed by atoms with Crippen LogP contribution >= 0.6 is 15.9 Å². The Morgan fingerprint density at radius 2 is 1.87 bits per heavy atom. The fraction of sp³-hybridized carbons (Fsp3) is 0.0476. The van der Waals surface area contributed by atoms with Gasteiger partial charge in [-0.2, -0.15) is 5.10 Å². The van der Waals surface area contributed by atoms with Crippen LogP contribution in [0.1, 0.15) is 26.5 Å². The number of anilines is 2. The van der Waals surface area contributed by atoms with Crippen LogP contribution in [0.15, 0.2) is 65.4 Å². The van der Waals surface area contributed by atoms with Crippen LogP contribution < -0.4 is 10.6 Å². The number of hydrogen-bond acceptors (Lipinski definition) is 4. The maximum atomic E-state index is 13.5. The van der Waals surface area contributed by atoms with Crippen molar-refractivity contribution in [3.8, 4) is 11.3 Å². The highest BCUT2D eigenvalue weighted by molar-refractivity contribution is 9.10. The molecule has 4 rings (SSSR count). The van der Waals surface area contributed by atoms with E-state index in [1.165, 1.54) is 11.2 Å². The molecule has 0 radical (unpaired) electrons. The van der Waals surface area contributed by atoms with Crippen molar-refractivity contribution in [3.05, 3.63) is 82.3 Å². The van der Waals surface area contributed by atoms with E-state index < -0.39 is 11.8 Å². The minimum Gasteiger partial charge on any atom is -0.364 e. The second-order valence-corrected chi connectivity index (χ2v) is 7.48. The summed E-state index contributed by atoms with van der Waals surface area (Å²) in [5, 5.41) is 7.28. The van der Waals surface area contributed by atoms with Gasteiger partial charge >= 0.3 is 0 Å². The van der Waals surface area contributed by atoms with Gasteiger partial charge in [-0.25, -0.2) is 4.98 Å². The number of benzene rings is 2. The largest absolute Gasteiger partial charge is 0.364 e. The van der Waals surface area contributed by atoms with Crippen LogP contribution in [0.4, 0.5) is 11.5 Å². The summed E-state index contributed by atoms with van der Waals surface area (Å²) in [6.07, 6.45) is 1.27. The molecule has 2 aromatic carbocycles. The Kier molecular flexibility index (Phi) is 5.20. The lowest BCUT2D eigenvalue weighted by Gasteiger charge is -2.22. The Balaban J connectivity index is 1.86. The topological polar surface area (TPSA) is 121 Å². The molecule has 4 aromatic rings. The van der Waals surface area contributed by atoms with Crippen molar-refractivity contribution < 1.29 is 9.59 Å². The molecule has 0 spiro atoms.